The molecule has 4 aromatic rings. The van der Waals surface area contributed by atoms with Crippen molar-refractivity contribution in [1.82, 2.24) is 5.16 Å². The van der Waals surface area contributed by atoms with Gasteiger partial charge in [0.2, 0.25) is 0 Å². The second-order valence-electron chi connectivity index (χ2n) is 9.08. The topological polar surface area (TPSA) is 111 Å². The van der Waals surface area contributed by atoms with Crippen molar-refractivity contribution in [2.24, 2.45) is 0 Å². The number of hydrogen-bond acceptors (Lipinski definition) is 6. The number of rotatable bonds is 8. The molecular formula is C29H26N2O6. The third kappa shape index (κ3) is 5.04. The SMILES string of the molecule is Cc1onc(-c2ccc(Oc3ccc(C4(C(=O)O)CC4)cc3)cc2)c1NC(=O)O[C@H](C)c1ccccc1. The average molecular weight is 499 g/mol. The summed E-state index contributed by atoms with van der Waals surface area (Å²) in [7, 11) is 0. The number of amides is 1. The average Bonchev–Trinajstić information content (AvgIpc) is 3.65. The third-order valence-electron chi connectivity index (χ3n) is 6.57. The fourth-order valence-corrected chi connectivity index (χ4v) is 4.21. The molecule has 0 aliphatic heterocycles. The predicted molar refractivity (Wildman–Crippen MR) is 137 cm³/mol. The van der Waals surface area contributed by atoms with Crippen molar-refractivity contribution >= 4 is 17.7 Å². The molecule has 1 heterocycles. The Hall–Kier alpha value is -4.59. The molecule has 1 atom stereocenters. The van der Waals surface area contributed by atoms with Gasteiger partial charge >= 0.3 is 12.1 Å². The van der Waals surface area contributed by atoms with Gasteiger partial charge in [-0.1, -0.05) is 47.6 Å². The Kier molecular flexibility index (Phi) is 6.40. The summed E-state index contributed by atoms with van der Waals surface area (Å²) in [5.74, 6) is 0.872. The third-order valence-corrected chi connectivity index (χ3v) is 6.57. The lowest BCUT2D eigenvalue weighted by Crippen LogP contribution is -2.19. The highest BCUT2D eigenvalue weighted by Crippen LogP contribution is 2.48. The lowest BCUT2D eigenvalue weighted by Gasteiger charge is -2.14. The Morgan fingerprint density at radius 1 is 0.973 bits per heavy atom. The van der Waals surface area contributed by atoms with Crippen molar-refractivity contribution in [2.45, 2.75) is 38.2 Å². The van der Waals surface area contributed by atoms with Gasteiger partial charge in [-0.05, 0) is 74.2 Å². The van der Waals surface area contributed by atoms with E-state index in [1.807, 2.05) is 42.5 Å². The molecule has 8 heteroatoms. The van der Waals surface area contributed by atoms with Crippen LogP contribution in [0.25, 0.3) is 11.3 Å². The number of aromatic nitrogens is 1. The Bertz CT molecular complexity index is 1410. The van der Waals surface area contributed by atoms with Gasteiger partial charge in [-0.2, -0.15) is 0 Å². The van der Waals surface area contributed by atoms with E-state index < -0.39 is 23.6 Å². The lowest BCUT2D eigenvalue weighted by atomic mass is 9.96. The summed E-state index contributed by atoms with van der Waals surface area (Å²) in [5, 5.41) is 16.3. The Morgan fingerprint density at radius 2 is 1.59 bits per heavy atom. The maximum Gasteiger partial charge on any atom is 0.412 e. The first-order chi connectivity index (χ1) is 17.9. The first kappa shape index (κ1) is 24.1. The van der Waals surface area contributed by atoms with Gasteiger partial charge in [0.15, 0.2) is 5.76 Å². The first-order valence-corrected chi connectivity index (χ1v) is 12.0. The van der Waals surface area contributed by atoms with E-state index in [4.69, 9.17) is 14.0 Å². The van der Waals surface area contributed by atoms with E-state index >= 15 is 0 Å². The highest BCUT2D eigenvalue weighted by molar-refractivity contribution is 5.91. The van der Waals surface area contributed by atoms with Crippen LogP contribution in [0.15, 0.2) is 83.4 Å². The standard InChI is InChI=1S/C29H26N2O6/c1-18(20-6-4-3-5-7-20)35-28(34)30-25-19(2)37-31-26(25)21-8-12-23(13-9-21)36-24-14-10-22(11-15-24)29(16-17-29)27(32)33/h3-15,18H,16-17H2,1-2H3,(H,30,34)(H,32,33)/t18-/m1/s1. The molecule has 0 unspecified atom stereocenters. The number of aliphatic carboxylic acids is 1. The minimum Gasteiger partial charge on any atom is -0.481 e. The molecule has 1 aliphatic rings. The smallest absolute Gasteiger partial charge is 0.412 e. The van der Waals surface area contributed by atoms with Crippen LogP contribution in [0.2, 0.25) is 0 Å². The van der Waals surface area contributed by atoms with Crippen LogP contribution >= 0.6 is 0 Å². The van der Waals surface area contributed by atoms with Gasteiger partial charge in [-0.15, -0.1) is 0 Å². The Morgan fingerprint density at radius 3 is 2.19 bits per heavy atom. The highest BCUT2D eigenvalue weighted by atomic mass is 16.6. The van der Waals surface area contributed by atoms with Crippen molar-refractivity contribution in [3.8, 4) is 22.8 Å². The summed E-state index contributed by atoms with van der Waals surface area (Å²) in [6.45, 7) is 3.52. The zero-order valence-electron chi connectivity index (χ0n) is 20.4. The van der Waals surface area contributed by atoms with E-state index in [0.29, 0.717) is 41.5 Å². The number of benzene rings is 3. The number of carboxylic acid groups (broad SMARTS) is 1. The maximum atomic E-state index is 12.6. The first-order valence-electron chi connectivity index (χ1n) is 12.0. The number of ether oxygens (including phenoxy) is 2. The molecular weight excluding hydrogens is 472 g/mol. The predicted octanol–water partition coefficient (Wildman–Crippen LogP) is 6.87. The van der Waals surface area contributed by atoms with Crippen molar-refractivity contribution in [2.75, 3.05) is 5.32 Å². The van der Waals surface area contributed by atoms with Gasteiger partial charge in [-0.25, -0.2) is 4.79 Å². The van der Waals surface area contributed by atoms with Gasteiger partial charge in [0, 0.05) is 5.56 Å². The van der Waals surface area contributed by atoms with Crippen LogP contribution in [0.3, 0.4) is 0 Å². The fraction of sp³-hybridized carbons (Fsp3) is 0.207. The van der Waals surface area contributed by atoms with E-state index in [-0.39, 0.29) is 0 Å². The molecule has 0 bridgehead atoms. The molecule has 37 heavy (non-hydrogen) atoms. The van der Waals surface area contributed by atoms with Crippen molar-refractivity contribution in [1.29, 1.82) is 0 Å². The van der Waals surface area contributed by atoms with Crippen LogP contribution in [-0.2, 0) is 14.9 Å². The number of anilines is 1. The van der Waals surface area contributed by atoms with Crippen LogP contribution < -0.4 is 10.1 Å². The molecule has 0 saturated heterocycles. The molecule has 1 amide bonds. The molecule has 1 aliphatic carbocycles. The van der Waals surface area contributed by atoms with Crippen LogP contribution in [0.5, 0.6) is 11.5 Å². The van der Waals surface area contributed by atoms with E-state index in [1.54, 1.807) is 50.2 Å². The number of nitrogens with one attached hydrogen (secondary N) is 1. The van der Waals surface area contributed by atoms with Gasteiger partial charge in [0.1, 0.15) is 29.0 Å². The number of carbonyl (C=O) groups is 2. The Labute approximate surface area is 213 Å². The van der Waals surface area contributed by atoms with Crippen molar-refractivity contribution < 1.29 is 28.7 Å². The molecule has 1 saturated carbocycles. The maximum absolute atomic E-state index is 12.6. The van der Waals surface area contributed by atoms with Gasteiger partial charge in [-0.3, -0.25) is 10.1 Å². The molecule has 188 valence electrons. The second-order valence-corrected chi connectivity index (χ2v) is 9.08. The minimum absolute atomic E-state index is 0.422. The quantitative estimate of drug-likeness (QED) is 0.273. The zero-order chi connectivity index (χ0) is 26.0. The van der Waals surface area contributed by atoms with Crippen molar-refractivity contribution in [3.05, 3.63) is 95.7 Å². The molecule has 1 aromatic heterocycles. The summed E-state index contributed by atoms with van der Waals surface area (Å²) in [6, 6.07) is 23.8. The van der Waals surface area contributed by atoms with Gasteiger partial charge < -0.3 is 19.1 Å². The van der Waals surface area contributed by atoms with Gasteiger partial charge in [0.25, 0.3) is 0 Å². The number of carboxylic acids is 1. The minimum atomic E-state index is -0.785. The monoisotopic (exact) mass is 498 g/mol. The molecule has 3 aromatic carbocycles. The number of carbonyl (C=O) groups excluding carboxylic acids is 1. The van der Waals surface area contributed by atoms with E-state index in [2.05, 4.69) is 10.5 Å². The fourth-order valence-electron chi connectivity index (χ4n) is 4.21. The van der Waals surface area contributed by atoms with Crippen LogP contribution in [0.1, 0.15) is 42.8 Å². The summed E-state index contributed by atoms with van der Waals surface area (Å²) in [5.41, 5.74) is 2.57. The summed E-state index contributed by atoms with van der Waals surface area (Å²) in [4.78, 5) is 24.1. The molecule has 2 N–H and O–H groups in total. The van der Waals surface area contributed by atoms with E-state index in [0.717, 1.165) is 16.7 Å². The van der Waals surface area contributed by atoms with Crippen LogP contribution in [0, 0.1) is 6.92 Å². The lowest BCUT2D eigenvalue weighted by molar-refractivity contribution is -0.140. The van der Waals surface area contributed by atoms with Crippen LogP contribution in [-0.4, -0.2) is 22.3 Å². The normalized spacial score (nSPS) is 14.4. The zero-order valence-corrected chi connectivity index (χ0v) is 20.4. The molecule has 1 fully saturated rings. The molecule has 0 radical (unpaired) electrons. The summed E-state index contributed by atoms with van der Waals surface area (Å²) < 4.78 is 16.8. The highest BCUT2D eigenvalue weighted by Gasteiger charge is 2.51. The van der Waals surface area contributed by atoms with Gasteiger partial charge in [0.05, 0.1) is 5.41 Å². The van der Waals surface area contributed by atoms with Crippen molar-refractivity contribution in [3.63, 3.8) is 0 Å². The number of hydrogen-bond donors (Lipinski definition) is 2. The number of nitrogens with zero attached hydrogens (tertiary/aromatic N) is 1. The number of aryl methyl sites for hydroxylation is 1. The summed E-state index contributed by atoms with van der Waals surface area (Å²) in [6.07, 6.45) is 0.288. The largest absolute Gasteiger partial charge is 0.481 e. The molecule has 5 rings (SSSR count). The summed E-state index contributed by atoms with van der Waals surface area (Å²) >= 11 is 0. The Balaban J connectivity index is 1.25. The second kappa shape index (κ2) is 9.81. The van der Waals surface area contributed by atoms with E-state index in [1.165, 1.54) is 0 Å². The van der Waals surface area contributed by atoms with E-state index in [9.17, 15) is 14.7 Å². The van der Waals surface area contributed by atoms with Crippen LogP contribution in [0.4, 0.5) is 10.5 Å². The molecule has 0 spiro atoms. The molecule has 8 nitrogen and oxygen atoms in total.